The van der Waals surface area contributed by atoms with Crippen LogP contribution in [0.25, 0.3) is 21.8 Å². The summed E-state index contributed by atoms with van der Waals surface area (Å²) in [5.41, 5.74) is 7.36. The van der Waals surface area contributed by atoms with E-state index in [0.29, 0.717) is 13.0 Å². The SMILES string of the molecule is COc1ccc2c(Nc3ccc(CCOC(=O)NC(C)C)cc3)c3cc(C)c(C)cc3nc2c1. The van der Waals surface area contributed by atoms with Gasteiger partial charge in [-0.2, -0.15) is 0 Å². The van der Waals surface area contributed by atoms with Crippen molar-refractivity contribution in [3.63, 3.8) is 0 Å². The minimum absolute atomic E-state index is 0.0620. The summed E-state index contributed by atoms with van der Waals surface area (Å²) in [6.07, 6.45) is 0.275. The highest BCUT2D eigenvalue weighted by Crippen LogP contribution is 2.36. The lowest BCUT2D eigenvalue weighted by atomic mass is 10.0. The zero-order valence-corrected chi connectivity index (χ0v) is 20.4. The Morgan fingerprint density at radius 1 is 0.941 bits per heavy atom. The number of nitrogens with zero attached hydrogens (tertiary/aromatic N) is 1. The molecule has 0 saturated heterocycles. The number of carbonyl (C=O) groups is 1. The number of ether oxygens (including phenoxy) is 2. The van der Waals surface area contributed by atoms with Gasteiger partial charge in [0.15, 0.2) is 0 Å². The summed E-state index contributed by atoms with van der Waals surface area (Å²) in [5.74, 6) is 0.780. The first-order valence-electron chi connectivity index (χ1n) is 11.5. The van der Waals surface area contributed by atoms with Gasteiger partial charge in [0.1, 0.15) is 5.75 Å². The molecule has 176 valence electrons. The molecule has 3 aromatic carbocycles. The molecule has 4 rings (SSSR count). The topological polar surface area (TPSA) is 72.5 Å². The zero-order valence-electron chi connectivity index (χ0n) is 20.4. The minimum Gasteiger partial charge on any atom is -0.497 e. The molecule has 0 radical (unpaired) electrons. The van der Waals surface area contributed by atoms with E-state index in [1.165, 1.54) is 11.1 Å². The van der Waals surface area contributed by atoms with Crippen LogP contribution in [0.3, 0.4) is 0 Å². The molecule has 0 fully saturated rings. The van der Waals surface area contributed by atoms with Crippen LogP contribution in [0.4, 0.5) is 16.2 Å². The van der Waals surface area contributed by atoms with E-state index in [0.717, 1.165) is 44.5 Å². The number of aryl methyl sites for hydroxylation is 2. The van der Waals surface area contributed by atoms with Gasteiger partial charge >= 0.3 is 6.09 Å². The quantitative estimate of drug-likeness (QED) is 0.313. The zero-order chi connectivity index (χ0) is 24.2. The van der Waals surface area contributed by atoms with Crippen molar-refractivity contribution in [2.75, 3.05) is 19.0 Å². The highest BCUT2D eigenvalue weighted by Gasteiger charge is 2.12. The van der Waals surface area contributed by atoms with E-state index < -0.39 is 0 Å². The van der Waals surface area contributed by atoms with Crippen LogP contribution in [0, 0.1) is 13.8 Å². The third kappa shape index (κ3) is 5.22. The average Bonchev–Trinajstić information content (AvgIpc) is 2.80. The Morgan fingerprint density at radius 3 is 2.35 bits per heavy atom. The van der Waals surface area contributed by atoms with Gasteiger partial charge in [0.05, 0.1) is 30.4 Å². The van der Waals surface area contributed by atoms with Gasteiger partial charge in [-0.05, 0) is 80.8 Å². The lowest BCUT2D eigenvalue weighted by molar-refractivity contribution is 0.145. The van der Waals surface area contributed by atoms with Crippen LogP contribution >= 0.6 is 0 Å². The van der Waals surface area contributed by atoms with Gasteiger partial charge in [-0.25, -0.2) is 9.78 Å². The number of benzene rings is 3. The van der Waals surface area contributed by atoms with Crippen molar-refractivity contribution in [2.24, 2.45) is 0 Å². The van der Waals surface area contributed by atoms with E-state index in [-0.39, 0.29) is 12.1 Å². The molecule has 0 unspecified atom stereocenters. The fourth-order valence-electron chi connectivity index (χ4n) is 3.88. The number of nitrogens with one attached hydrogen (secondary N) is 2. The van der Waals surface area contributed by atoms with E-state index in [9.17, 15) is 4.79 Å². The van der Waals surface area contributed by atoms with Crippen molar-refractivity contribution < 1.29 is 14.3 Å². The van der Waals surface area contributed by atoms with Crippen LogP contribution in [0.2, 0.25) is 0 Å². The van der Waals surface area contributed by atoms with E-state index >= 15 is 0 Å². The number of carbonyl (C=O) groups excluding carboxylic acids is 1. The Kier molecular flexibility index (Phi) is 6.87. The maximum atomic E-state index is 11.6. The van der Waals surface area contributed by atoms with E-state index in [4.69, 9.17) is 14.5 Å². The summed E-state index contributed by atoms with van der Waals surface area (Å²) >= 11 is 0. The maximum absolute atomic E-state index is 11.6. The summed E-state index contributed by atoms with van der Waals surface area (Å²) in [4.78, 5) is 16.5. The lowest BCUT2D eigenvalue weighted by Gasteiger charge is -2.16. The molecule has 6 nitrogen and oxygen atoms in total. The van der Waals surface area contributed by atoms with Crippen molar-refractivity contribution in [3.8, 4) is 5.75 Å². The molecule has 0 aliphatic heterocycles. The number of alkyl carbamates (subject to hydrolysis) is 1. The van der Waals surface area contributed by atoms with Gasteiger partial charge < -0.3 is 20.1 Å². The summed E-state index contributed by atoms with van der Waals surface area (Å²) in [7, 11) is 1.66. The Morgan fingerprint density at radius 2 is 1.65 bits per heavy atom. The molecule has 0 aliphatic rings. The Hall–Kier alpha value is -3.80. The van der Waals surface area contributed by atoms with Gasteiger partial charge in [-0.1, -0.05) is 12.1 Å². The molecule has 6 heteroatoms. The Labute approximate surface area is 200 Å². The summed E-state index contributed by atoms with van der Waals surface area (Å²) < 4.78 is 10.7. The fraction of sp³-hybridized carbons (Fsp3) is 0.286. The second kappa shape index (κ2) is 10.00. The predicted molar refractivity (Wildman–Crippen MR) is 138 cm³/mol. The summed E-state index contributed by atoms with van der Waals surface area (Å²) in [6, 6.07) is 18.6. The summed E-state index contributed by atoms with van der Waals surface area (Å²) in [5, 5.41) is 8.46. The number of aromatic nitrogens is 1. The van der Waals surface area contributed by atoms with Crippen molar-refractivity contribution in [3.05, 3.63) is 71.3 Å². The standard InChI is InChI=1S/C28H31N3O3/c1-17(2)29-28(32)34-13-12-20-6-8-21(9-7-20)30-27-23-11-10-22(33-5)16-26(23)31-25-15-19(4)18(3)14-24(25)27/h6-11,14-17H,12-13H2,1-5H3,(H,29,32)(H,30,31). The second-order valence-electron chi connectivity index (χ2n) is 8.83. The number of fused-ring (bicyclic) bond motifs is 2. The molecular formula is C28H31N3O3. The Bertz CT molecular complexity index is 1330. The maximum Gasteiger partial charge on any atom is 0.407 e. The first-order valence-corrected chi connectivity index (χ1v) is 11.5. The normalized spacial score (nSPS) is 11.1. The third-order valence-electron chi connectivity index (χ3n) is 5.85. The van der Waals surface area contributed by atoms with E-state index in [1.54, 1.807) is 7.11 Å². The lowest BCUT2D eigenvalue weighted by Crippen LogP contribution is -2.31. The first-order chi connectivity index (χ1) is 16.3. The van der Waals surface area contributed by atoms with Gasteiger partial charge in [0.25, 0.3) is 0 Å². The molecule has 34 heavy (non-hydrogen) atoms. The monoisotopic (exact) mass is 457 g/mol. The largest absolute Gasteiger partial charge is 0.497 e. The van der Waals surface area contributed by atoms with Crippen molar-refractivity contribution in [1.29, 1.82) is 0 Å². The van der Waals surface area contributed by atoms with Crippen LogP contribution in [-0.4, -0.2) is 30.8 Å². The molecule has 4 aromatic rings. The van der Waals surface area contributed by atoms with Gasteiger partial charge in [-0.15, -0.1) is 0 Å². The van der Waals surface area contributed by atoms with Crippen LogP contribution < -0.4 is 15.4 Å². The number of hydrogen-bond donors (Lipinski definition) is 2. The minimum atomic E-state index is -0.383. The molecule has 1 aromatic heterocycles. The van der Waals surface area contributed by atoms with Gasteiger partial charge in [0, 0.05) is 35.0 Å². The average molecular weight is 458 g/mol. The second-order valence-corrected chi connectivity index (χ2v) is 8.83. The number of hydrogen-bond acceptors (Lipinski definition) is 5. The third-order valence-corrected chi connectivity index (χ3v) is 5.85. The number of anilines is 2. The molecule has 2 N–H and O–H groups in total. The fourth-order valence-corrected chi connectivity index (χ4v) is 3.88. The van der Waals surface area contributed by atoms with Gasteiger partial charge in [-0.3, -0.25) is 0 Å². The van der Waals surface area contributed by atoms with Crippen LogP contribution in [0.1, 0.15) is 30.5 Å². The van der Waals surface area contributed by atoms with Crippen molar-refractivity contribution >= 4 is 39.3 Å². The van der Waals surface area contributed by atoms with Gasteiger partial charge in [0.2, 0.25) is 0 Å². The molecule has 0 spiro atoms. The predicted octanol–water partition coefficient (Wildman–Crippen LogP) is 6.43. The highest BCUT2D eigenvalue weighted by atomic mass is 16.5. The first kappa shape index (κ1) is 23.4. The van der Waals surface area contributed by atoms with Crippen LogP contribution in [-0.2, 0) is 11.2 Å². The number of rotatable bonds is 7. The number of amides is 1. The molecular weight excluding hydrogens is 426 g/mol. The van der Waals surface area contributed by atoms with Crippen molar-refractivity contribution in [2.45, 2.75) is 40.2 Å². The van der Waals surface area contributed by atoms with Crippen LogP contribution in [0.15, 0.2) is 54.6 Å². The highest BCUT2D eigenvalue weighted by molar-refractivity contribution is 6.09. The summed E-state index contributed by atoms with van der Waals surface area (Å²) in [6.45, 7) is 8.37. The molecule has 1 heterocycles. The number of pyridine rings is 1. The van der Waals surface area contributed by atoms with E-state index in [2.05, 4.69) is 48.7 Å². The Balaban J connectivity index is 1.60. The van der Waals surface area contributed by atoms with Crippen molar-refractivity contribution in [1.82, 2.24) is 10.3 Å². The van der Waals surface area contributed by atoms with E-state index in [1.807, 2.05) is 44.2 Å². The smallest absolute Gasteiger partial charge is 0.407 e. The van der Waals surface area contributed by atoms with Crippen LogP contribution in [0.5, 0.6) is 5.75 Å². The molecule has 0 atom stereocenters. The number of methoxy groups -OCH3 is 1. The molecule has 0 bridgehead atoms. The molecule has 0 aliphatic carbocycles. The molecule has 0 saturated carbocycles. The molecule has 1 amide bonds.